The van der Waals surface area contributed by atoms with Gasteiger partial charge in [-0.15, -0.1) is 5.10 Å². The standard InChI is InChI=1S/C18H26N6OS/c1-14-6-5-7-15(12-14)22-8-10-23(11-9-22)16(25)13-26-17-19-20-21-24(17)18(2,3)4/h5-7,12H,8-11,13H2,1-4H3. The Bertz CT molecular complexity index is 761. The highest BCUT2D eigenvalue weighted by Gasteiger charge is 2.24. The van der Waals surface area contributed by atoms with Crippen LogP contribution in [0.5, 0.6) is 0 Å². The van der Waals surface area contributed by atoms with Gasteiger partial charge in [0.2, 0.25) is 11.1 Å². The minimum Gasteiger partial charge on any atom is -0.368 e. The quantitative estimate of drug-likeness (QED) is 0.764. The molecule has 1 fully saturated rings. The summed E-state index contributed by atoms with van der Waals surface area (Å²) in [5, 5.41) is 12.5. The second-order valence-corrected chi connectivity index (χ2v) is 8.48. The lowest BCUT2D eigenvalue weighted by atomic mass is 10.1. The SMILES string of the molecule is Cc1cccc(N2CCN(C(=O)CSc3nnnn3C(C)(C)C)CC2)c1. The largest absolute Gasteiger partial charge is 0.368 e. The minimum atomic E-state index is -0.200. The van der Waals surface area contributed by atoms with Crippen molar-refractivity contribution in [3.63, 3.8) is 0 Å². The van der Waals surface area contributed by atoms with Gasteiger partial charge in [0.1, 0.15) is 0 Å². The highest BCUT2D eigenvalue weighted by Crippen LogP contribution is 2.22. The Morgan fingerprint density at radius 3 is 2.58 bits per heavy atom. The molecule has 26 heavy (non-hydrogen) atoms. The first-order chi connectivity index (χ1) is 12.3. The molecule has 2 aromatic rings. The Kier molecular flexibility index (Phi) is 5.50. The summed E-state index contributed by atoms with van der Waals surface area (Å²) in [5.41, 5.74) is 2.29. The maximum atomic E-state index is 12.6. The van der Waals surface area contributed by atoms with Crippen molar-refractivity contribution in [1.82, 2.24) is 25.1 Å². The van der Waals surface area contributed by atoms with E-state index in [2.05, 4.69) is 51.6 Å². The normalized spacial score (nSPS) is 15.4. The van der Waals surface area contributed by atoms with Crippen LogP contribution in [0.2, 0.25) is 0 Å². The van der Waals surface area contributed by atoms with Crippen LogP contribution in [0.3, 0.4) is 0 Å². The van der Waals surface area contributed by atoms with Crippen LogP contribution in [-0.4, -0.2) is 62.9 Å². The Balaban J connectivity index is 1.52. The number of benzene rings is 1. The van der Waals surface area contributed by atoms with Gasteiger partial charge in [0.05, 0.1) is 11.3 Å². The number of carbonyl (C=O) groups excluding carboxylic acids is 1. The van der Waals surface area contributed by atoms with Crippen molar-refractivity contribution in [2.75, 3.05) is 36.8 Å². The lowest BCUT2D eigenvalue weighted by Gasteiger charge is -2.36. The molecule has 1 saturated heterocycles. The minimum absolute atomic E-state index is 0.141. The van der Waals surface area contributed by atoms with E-state index in [9.17, 15) is 4.79 Å². The van der Waals surface area contributed by atoms with Crippen LogP contribution in [0.25, 0.3) is 0 Å². The van der Waals surface area contributed by atoms with E-state index in [0.29, 0.717) is 10.9 Å². The van der Waals surface area contributed by atoms with Gasteiger partial charge in [0, 0.05) is 31.9 Å². The van der Waals surface area contributed by atoms with E-state index < -0.39 is 0 Å². The molecule has 1 aliphatic heterocycles. The van der Waals surface area contributed by atoms with Crippen molar-refractivity contribution in [2.24, 2.45) is 0 Å². The van der Waals surface area contributed by atoms with Gasteiger partial charge in [-0.25, -0.2) is 4.68 Å². The highest BCUT2D eigenvalue weighted by atomic mass is 32.2. The van der Waals surface area contributed by atoms with Gasteiger partial charge in [0.15, 0.2) is 0 Å². The van der Waals surface area contributed by atoms with E-state index in [1.54, 1.807) is 4.68 Å². The number of tetrazole rings is 1. The summed E-state index contributed by atoms with van der Waals surface area (Å²) in [5.74, 6) is 0.503. The molecule has 1 aromatic carbocycles. The number of aromatic nitrogens is 4. The molecule has 0 aliphatic carbocycles. The fourth-order valence-corrected chi connectivity index (χ4v) is 3.91. The molecule has 0 radical (unpaired) electrons. The van der Waals surface area contributed by atoms with Crippen LogP contribution >= 0.6 is 11.8 Å². The summed E-state index contributed by atoms with van der Waals surface area (Å²) >= 11 is 1.40. The summed E-state index contributed by atoms with van der Waals surface area (Å²) in [6.45, 7) is 11.4. The van der Waals surface area contributed by atoms with Gasteiger partial charge in [-0.1, -0.05) is 23.9 Å². The lowest BCUT2D eigenvalue weighted by molar-refractivity contribution is -0.128. The number of anilines is 1. The van der Waals surface area contributed by atoms with E-state index >= 15 is 0 Å². The number of hydrogen-bond donors (Lipinski definition) is 0. The molecular weight excluding hydrogens is 348 g/mol. The van der Waals surface area contributed by atoms with Crippen LogP contribution < -0.4 is 4.90 Å². The smallest absolute Gasteiger partial charge is 0.233 e. The van der Waals surface area contributed by atoms with Gasteiger partial charge in [-0.2, -0.15) is 0 Å². The van der Waals surface area contributed by atoms with Crippen molar-refractivity contribution in [1.29, 1.82) is 0 Å². The number of hydrogen-bond acceptors (Lipinski definition) is 6. The van der Waals surface area contributed by atoms with Crippen LogP contribution in [0.15, 0.2) is 29.4 Å². The molecule has 2 heterocycles. The zero-order chi connectivity index (χ0) is 18.7. The van der Waals surface area contributed by atoms with E-state index in [1.807, 2.05) is 25.7 Å². The number of amides is 1. The second-order valence-electron chi connectivity index (χ2n) is 7.54. The maximum absolute atomic E-state index is 12.6. The van der Waals surface area contributed by atoms with Gasteiger partial charge >= 0.3 is 0 Å². The van der Waals surface area contributed by atoms with Crippen LogP contribution in [0.4, 0.5) is 5.69 Å². The summed E-state index contributed by atoms with van der Waals surface area (Å²) in [7, 11) is 0. The summed E-state index contributed by atoms with van der Waals surface area (Å²) < 4.78 is 1.76. The number of rotatable bonds is 4. The molecule has 0 atom stereocenters. The fraction of sp³-hybridized carbons (Fsp3) is 0.556. The average molecular weight is 375 g/mol. The molecule has 0 saturated carbocycles. The van der Waals surface area contributed by atoms with Crippen molar-refractivity contribution in [2.45, 2.75) is 38.4 Å². The molecule has 0 N–H and O–H groups in total. The topological polar surface area (TPSA) is 67.2 Å². The second kappa shape index (κ2) is 7.65. The van der Waals surface area contributed by atoms with Crippen LogP contribution in [0, 0.1) is 6.92 Å². The molecule has 0 spiro atoms. The number of nitrogens with zero attached hydrogens (tertiary/aromatic N) is 6. The molecular formula is C18H26N6OS. The Hall–Kier alpha value is -2.09. The highest BCUT2D eigenvalue weighted by molar-refractivity contribution is 7.99. The summed E-state index contributed by atoms with van der Waals surface area (Å²) in [4.78, 5) is 16.8. The molecule has 140 valence electrons. The van der Waals surface area contributed by atoms with Crippen LogP contribution in [-0.2, 0) is 10.3 Å². The number of piperazine rings is 1. The third-order valence-electron chi connectivity index (χ3n) is 4.40. The van der Waals surface area contributed by atoms with Crippen LogP contribution in [0.1, 0.15) is 26.3 Å². The number of aryl methyl sites for hydroxylation is 1. The van der Waals surface area contributed by atoms with Gasteiger partial charge < -0.3 is 9.80 Å². The van der Waals surface area contributed by atoms with E-state index in [1.165, 1.54) is 23.0 Å². The third-order valence-corrected chi connectivity index (χ3v) is 5.30. The van der Waals surface area contributed by atoms with Gasteiger partial charge in [-0.05, 0) is 55.8 Å². The third kappa shape index (κ3) is 4.35. The molecule has 7 nitrogen and oxygen atoms in total. The Labute approximate surface area is 158 Å². The monoisotopic (exact) mass is 374 g/mol. The summed E-state index contributed by atoms with van der Waals surface area (Å²) in [6, 6.07) is 8.51. The Morgan fingerprint density at radius 1 is 1.19 bits per heavy atom. The summed E-state index contributed by atoms with van der Waals surface area (Å²) in [6.07, 6.45) is 0. The molecule has 3 rings (SSSR count). The molecule has 8 heteroatoms. The first-order valence-corrected chi connectivity index (χ1v) is 9.84. The van der Waals surface area contributed by atoms with Gasteiger partial charge in [0.25, 0.3) is 0 Å². The van der Waals surface area contributed by atoms with E-state index in [4.69, 9.17) is 0 Å². The zero-order valence-corrected chi connectivity index (χ0v) is 16.7. The number of carbonyl (C=O) groups is 1. The predicted octanol–water partition coefficient (Wildman–Crippen LogP) is 2.18. The Morgan fingerprint density at radius 2 is 1.92 bits per heavy atom. The molecule has 1 aromatic heterocycles. The van der Waals surface area contributed by atoms with Crippen molar-refractivity contribution in [3.05, 3.63) is 29.8 Å². The molecule has 1 aliphatic rings. The van der Waals surface area contributed by atoms with Crippen molar-refractivity contribution < 1.29 is 4.79 Å². The molecule has 1 amide bonds. The predicted molar refractivity (Wildman–Crippen MR) is 104 cm³/mol. The maximum Gasteiger partial charge on any atom is 0.233 e. The first-order valence-electron chi connectivity index (χ1n) is 8.85. The number of thioether (sulfide) groups is 1. The van der Waals surface area contributed by atoms with E-state index in [-0.39, 0.29) is 11.4 Å². The van der Waals surface area contributed by atoms with Crippen molar-refractivity contribution in [3.8, 4) is 0 Å². The molecule has 0 unspecified atom stereocenters. The average Bonchev–Trinajstić information content (AvgIpc) is 3.09. The van der Waals surface area contributed by atoms with Gasteiger partial charge in [-0.3, -0.25) is 4.79 Å². The molecule has 0 bridgehead atoms. The lowest BCUT2D eigenvalue weighted by Crippen LogP contribution is -2.49. The van der Waals surface area contributed by atoms with E-state index in [0.717, 1.165) is 26.2 Å². The zero-order valence-electron chi connectivity index (χ0n) is 15.8. The van der Waals surface area contributed by atoms with Crippen molar-refractivity contribution >= 4 is 23.4 Å². The fourth-order valence-electron chi connectivity index (χ4n) is 2.95. The first kappa shape index (κ1) is 18.7.